The number of nitrogens with one attached hydrogen (secondary N) is 1. The van der Waals surface area contributed by atoms with Crippen LogP contribution in [0.5, 0.6) is 17.2 Å². The summed E-state index contributed by atoms with van der Waals surface area (Å²) in [6.07, 6.45) is 0.122. The van der Waals surface area contributed by atoms with E-state index in [1.165, 1.54) is 0 Å². The van der Waals surface area contributed by atoms with Gasteiger partial charge in [0, 0.05) is 12.0 Å². The first kappa shape index (κ1) is 16.2. The molecule has 0 bridgehead atoms. The van der Waals surface area contributed by atoms with E-state index in [-0.39, 0.29) is 12.0 Å². The fourth-order valence-electron chi connectivity index (χ4n) is 2.65. The number of carbonyl (C=O) groups excluding carboxylic acids is 1. The minimum Gasteiger partial charge on any atom is -0.497 e. The van der Waals surface area contributed by atoms with E-state index < -0.39 is 6.10 Å². The Hall–Kier alpha value is -2.69. The molecule has 1 heterocycles. The standard InChI is InChI=1S/C19H21NO4/c1-13(23-15-6-4-3-5-7-15)19(21)20-12-17-11-14-10-16(22-2)8-9-18(14)24-17/h3-10,13,17H,11-12H2,1-2H3,(H,20,21). The van der Waals surface area contributed by atoms with Crippen LogP contribution in [-0.4, -0.2) is 31.8 Å². The van der Waals surface area contributed by atoms with Crippen LogP contribution in [0, 0.1) is 0 Å². The van der Waals surface area contributed by atoms with Crippen LogP contribution < -0.4 is 19.5 Å². The molecule has 0 radical (unpaired) electrons. The Morgan fingerprint density at radius 1 is 1.25 bits per heavy atom. The minimum absolute atomic E-state index is 0.0695. The van der Waals surface area contributed by atoms with E-state index in [0.717, 1.165) is 23.5 Å². The number of para-hydroxylation sites is 1. The van der Waals surface area contributed by atoms with Crippen molar-refractivity contribution < 1.29 is 19.0 Å². The maximum absolute atomic E-state index is 12.2. The van der Waals surface area contributed by atoms with Gasteiger partial charge in [0.25, 0.3) is 5.91 Å². The second kappa shape index (κ2) is 7.25. The van der Waals surface area contributed by atoms with Gasteiger partial charge in [0.1, 0.15) is 23.4 Å². The van der Waals surface area contributed by atoms with Crippen LogP contribution in [0.15, 0.2) is 48.5 Å². The molecule has 1 amide bonds. The zero-order chi connectivity index (χ0) is 16.9. The lowest BCUT2D eigenvalue weighted by Crippen LogP contribution is -2.41. The van der Waals surface area contributed by atoms with Crippen LogP contribution in [0.25, 0.3) is 0 Å². The molecule has 0 spiro atoms. The lowest BCUT2D eigenvalue weighted by Gasteiger charge is -2.16. The number of hydrogen-bond donors (Lipinski definition) is 1. The third-order valence-electron chi connectivity index (χ3n) is 3.94. The van der Waals surface area contributed by atoms with Gasteiger partial charge in [-0.1, -0.05) is 18.2 Å². The molecule has 2 unspecified atom stereocenters. The van der Waals surface area contributed by atoms with Gasteiger partial charge in [-0.2, -0.15) is 0 Å². The van der Waals surface area contributed by atoms with E-state index in [2.05, 4.69) is 5.32 Å². The van der Waals surface area contributed by atoms with Crippen molar-refractivity contribution in [3.05, 3.63) is 54.1 Å². The Bertz CT molecular complexity index is 702. The molecule has 1 N–H and O–H groups in total. The summed E-state index contributed by atoms with van der Waals surface area (Å²) in [5.41, 5.74) is 1.10. The van der Waals surface area contributed by atoms with E-state index in [9.17, 15) is 4.79 Å². The summed E-state index contributed by atoms with van der Waals surface area (Å²) < 4.78 is 16.7. The van der Waals surface area contributed by atoms with Gasteiger partial charge >= 0.3 is 0 Å². The average molecular weight is 327 g/mol. The van der Waals surface area contributed by atoms with E-state index in [0.29, 0.717) is 12.3 Å². The number of ether oxygens (including phenoxy) is 3. The summed E-state index contributed by atoms with van der Waals surface area (Å²) in [5, 5.41) is 2.89. The summed E-state index contributed by atoms with van der Waals surface area (Å²) in [7, 11) is 1.64. The van der Waals surface area contributed by atoms with Crippen LogP contribution in [0.2, 0.25) is 0 Å². The van der Waals surface area contributed by atoms with E-state index in [1.54, 1.807) is 14.0 Å². The molecule has 0 aromatic heterocycles. The van der Waals surface area contributed by atoms with Crippen molar-refractivity contribution in [2.75, 3.05) is 13.7 Å². The second-order valence-corrected chi connectivity index (χ2v) is 5.74. The van der Waals surface area contributed by atoms with Crippen molar-refractivity contribution in [3.63, 3.8) is 0 Å². The Morgan fingerprint density at radius 3 is 2.79 bits per heavy atom. The van der Waals surface area contributed by atoms with Gasteiger partial charge in [0.15, 0.2) is 6.10 Å². The molecule has 2 aromatic rings. The number of carbonyl (C=O) groups is 1. The first-order valence-electron chi connectivity index (χ1n) is 7.98. The van der Waals surface area contributed by atoms with Crippen molar-refractivity contribution in [1.82, 2.24) is 5.32 Å². The summed E-state index contributed by atoms with van der Waals surface area (Å²) in [6.45, 7) is 2.18. The number of rotatable bonds is 6. The Balaban J connectivity index is 1.48. The molecular formula is C19H21NO4. The molecule has 126 valence electrons. The first-order chi connectivity index (χ1) is 11.7. The van der Waals surface area contributed by atoms with Gasteiger partial charge < -0.3 is 19.5 Å². The molecule has 24 heavy (non-hydrogen) atoms. The van der Waals surface area contributed by atoms with E-state index in [1.807, 2.05) is 48.5 Å². The molecule has 1 aliphatic heterocycles. The maximum Gasteiger partial charge on any atom is 0.260 e. The van der Waals surface area contributed by atoms with Crippen molar-refractivity contribution in [2.24, 2.45) is 0 Å². The fraction of sp³-hybridized carbons (Fsp3) is 0.316. The molecule has 2 aromatic carbocycles. The molecule has 1 aliphatic rings. The normalized spacial score (nSPS) is 16.7. The van der Waals surface area contributed by atoms with Gasteiger partial charge in [-0.15, -0.1) is 0 Å². The molecule has 5 heteroatoms. The van der Waals surface area contributed by atoms with E-state index >= 15 is 0 Å². The van der Waals surface area contributed by atoms with Crippen molar-refractivity contribution in [1.29, 1.82) is 0 Å². The SMILES string of the molecule is COc1ccc2c(c1)CC(CNC(=O)C(C)Oc1ccccc1)O2. The molecular weight excluding hydrogens is 306 g/mol. The molecule has 5 nitrogen and oxygen atoms in total. The molecule has 0 fully saturated rings. The van der Waals surface area contributed by atoms with Gasteiger partial charge in [-0.05, 0) is 37.3 Å². The first-order valence-corrected chi connectivity index (χ1v) is 7.98. The lowest BCUT2D eigenvalue weighted by atomic mass is 10.1. The minimum atomic E-state index is -0.559. The maximum atomic E-state index is 12.2. The quantitative estimate of drug-likeness (QED) is 0.886. The van der Waals surface area contributed by atoms with Gasteiger partial charge in [-0.3, -0.25) is 4.79 Å². The Morgan fingerprint density at radius 2 is 2.04 bits per heavy atom. The van der Waals surface area contributed by atoms with E-state index in [4.69, 9.17) is 14.2 Å². The van der Waals surface area contributed by atoms with Crippen LogP contribution >= 0.6 is 0 Å². The summed E-state index contributed by atoms with van der Waals surface area (Å²) in [5.74, 6) is 2.18. The highest BCUT2D eigenvalue weighted by Crippen LogP contribution is 2.31. The Labute approximate surface area is 141 Å². The third kappa shape index (κ3) is 3.79. The van der Waals surface area contributed by atoms with Gasteiger partial charge in [0.2, 0.25) is 0 Å². The molecule has 0 saturated carbocycles. The van der Waals surface area contributed by atoms with Crippen LogP contribution in [0.1, 0.15) is 12.5 Å². The fourth-order valence-corrected chi connectivity index (χ4v) is 2.65. The second-order valence-electron chi connectivity index (χ2n) is 5.74. The average Bonchev–Trinajstić information content (AvgIpc) is 3.02. The lowest BCUT2D eigenvalue weighted by molar-refractivity contribution is -0.127. The third-order valence-corrected chi connectivity index (χ3v) is 3.94. The zero-order valence-electron chi connectivity index (χ0n) is 13.8. The Kier molecular flexibility index (Phi) is 4.89. The smallest absolute Gasteiger partial charge is 0.260 e. The molecule has 2 atom stereocenters. The van der Waals surface area contributed by atoms with Crippen molar-refractivity contribution >= 4 is 5.91 Å². The number of amides is 1. The summed E-state index contributed by atoms with van der Waals surface area (Å²) >= 11 is 0. The largest absolute Gasteiger partial charge is 0.497 e. The number of benzene rings is 2. The number of methoxy groups -OCH3 is 1. The monoisotopic (exact) mass is 327 g/mol. The highest BCUT2D eigenvalue weighted by molar-refractivity contribution is 5.80. The van der Waals surface area contributed by atoms with Crippen molar-refractivity contribution in [2.45, 2.75) is 25.6 Å². The van der Waals surface area contributed by atoms with Crippen LogP contribution in [-0.2, 0) is 11.2 Å². The number of hydrogen-bond acceptors (Lipinski definition) is 4. The molecule has 0 saturated heterocycles. The topological polar surface area (TPSA) is 56.8 Å². The van der Waals surface area contributed by atoms with Crippen LogP contribution in [0.3, 0.4) is 0 Å². The highest BCUT2D eigenvalue weighted by Gasteiger charge is 2.24. The van der Waals surface area contributed by atoms with Gasteiger partial charge in [-0.25, -0.2) is 0 Å². The van der Waals surface area contributed by atoms with Crippen molar-refractivity contribution in [3.8, 4) is 17.2 Å². The summed E-state index contributed by atoms with van der Waals surface area (Å²) in [6, 6.07) is 15.0. The number of fused-ring (bicyclic) bond motifs is 1. The summed E-state index contributed by atoms with van der Waals surface area (Å²) in [4.78, 5) is 12.2. The predicted octanol–water partition coefficient (Wildman–Crippen LogP) is 2.58. The highest BCUT2D eigenvalue weighted by atomic mass is 16.5. The molecule has 3 rings (SSSR count). The van der Waals surface area contributed by atoms with Crippen LogP contribution in [0.4, 0.5) is 0 Å². The van der Waals surface area contributed by atoms with Gasteiger partial charge in [0.05, 0.1) is 13.7 Å². The molecule has 0 aliphatic carbocycles. The zero-order valence-corrected chi connectivity index (χ0v) is 13.8. The predicted molar refractivity (Wildman–Crippen MR) is 90.7 cm³/mol.